The van der Waals surface area contributed by atoms with Crippen LogP contribution in [0.4, 0.5) is 0 Å². The van der Waals surface area contributed by atoms with E-state index in [1.54, 1.807) is 0 Å². The first kappa shape index (κ1) is 14.2. The van der Waals surface area contributed by atoms with Crippen LogP contribution >= 0.6 is 24.4 Å². The van der Waals surface area contributed by atoms with Crippen LogP contribution in [-0.2, 0) is 9.59 Å². The van der Waals surface area contributed by atoms with Crippen LogP contribution in [0.25, 0.3) is 0 Å². The summed E-state index contributed by atoms with van der Waals surface area (Å²) in [6, 6.07) is 2.80. The van der Waals surface area contributed by atoms with E-state index < -0.39 is 11.2 Å². The third-order valence-corrected chi connectivity index (χ3v) is 5.21. The topological polar surface area (TPSA) is 103 Å². The van der Waals surface area contributed by atoms with Crippen LogP contribution < -0.4 is 5.56 Å². The lowest BCUT2D eigenvalue weighted by molar-refractivity contribution is -0.146. The average Bonchev–Trinajstić information content (AvgIpc) is 2.45. The SMILES string of the molecule is O=C(O)C1=C(C(S)c2ccc(=O)[nH]n2)CSC2CC(=O)N12. The Labute approximate surface area is 128 Å². The van der Waals surface area contributed by atoms with Gasteiger partial charge in [0.05, 0.1) is 22.7 Å². The first-order valence-corrected chi connectivity index (χ1v) is 7.69. The summed E-state index contributed by atoms with van der Waals surface area (Å²) in [5, 5.41) is 14.9. The molecule has 9 heteroatoms. The molecule has 7 nitrogen and oxygen atoms in total. The van der Waals surface area contributed by atoms with E-state index in [1.165, 1.54) is 28.8 Å². The van der Waals surface area contributed by atoms with Crippen LogP contribution in [0.2, 0.25) is 0 Å². The summed E-state index contributed by atoms with van der Waals surface area (Å²) in [5.74, 6) is -0.880. The number of amides is 1. The molecule has 2 aliphatic heterocycles. The fraction of sp³-hybridized carbons (Fsp3) is 0.333. The van der Waals surface area contributed by atoms with E-state index in [0.717, 1.165) is 0 Å². The van der Waals surface area contributed by atoms with Crippen molar-refractivity contribution >= 4 is 36.3 Å². The Morgan fingerprint density at radius 3 is 2.86 bits per heavy atom. The maximum Gasteiger partial charge on any atom is 0.352 e. The van der Waals surface area contributed by atoms with Gasteiger partial charge in [0.25, 0.3) is 5.56 Å². The lowest BCUT2D eigenvalue weighted by Gasteiger charge is -2.44. The van der Waals surface area contributed by atoms with E-state index >= 15 is 0 Å². The van der Waals surface area contributed by atoms with Gasteiger partial charge in [-0.1, -0.05) is 0 Å². The van der Waals surface area contributed by atoms with Crippen LogP contribution in [0.1, 0.15) is 17.4 Å². The van der Waals surface area contributed by atoms with Crippen LogP contribution in [0.5, 0.6) is 0 Å². The number of β-lactam (4-membered cyclic amide) rings is 1. The summed E-state index contributed by atoms with van der Waals surface area (Å²) in [6.07, 6.45) is 0.364. The van der Waals surface area contributed by atoms with Gasteiger partial charge in [-0.15, -0.1) is 11.8 Å². The highest BCUT2D eigenvalue weighted by atomic mass is 32.2. The Morgan fingerprint density at radius 1 is 1.52 bits per heavy atom. The molecule has 1 fully saturated rings. The number of hydrogen-bond acceptors (Lipinski definition) is 6. The second-order valence-corrected chi connectivity index (χ2v) is 6.34. The third kappa shape index (κ3) is 2.36. The first-order chi connectivity index (χ1) is 9.99. The number of fused-ring (bicyclic) bond motifs is 1. The smallest absolute Gasteiger partial charge is 0.352 e. The van der Waals surface area contributed by atoms with E-state index in [1.807, 2.05) is 0 Å². The minimum Gasteiger partial charge on any atom is -0.477 e. The summed E-state index contributed by atoms with van der Waals surface area (Å²) in [7, 11) is 0. The number of carboxylic acid groups (broad SMARTS) is 1. The van der Waals surface area contributed by atoms with Crippen molar-refractivity contribution in [3.05, 3.63) is 39.5 Å². The van der Waals surface area contributed by atoms with E-state index in [2.05, 4.69) is 22.8 Å². The molecular weight excluding hydrogens is 314 g/mol. The highest BCUT2D eigenvalue weighted by Gasteiger charge is 2.46. The minimum absolute atomic E-state index is 0.0111. The predicted molar refractivity (Wildman–Crippen MR) is 79.0 cm³/mol. The van der Waals surface area contributed by atoms with Gasteiger partial charge < -0.3 is 5.11 Å². The molecule has 3 heterocycles. The monoisotopic (exact) mass is 325 g/mol. The molecule has 3 rings (SSSR count). The Morgan fingerprint density at radius 2 is 2.29 bits per heavy atom. The number of aromatic amines is 1. The number of thiol groups is 1. The van der Waals surface area contributed by atoms with Gasteiger partial charge in [0, 0.05) is 11.8 Å². The van der Waals surface area contributed by atoms with E-state index in [4.69, 9.17) is 0 Å². The lowest BCUT2D eigenvalue weighted by Crippen LogP contribution is -2.54. The molecule has 21 heavy (non-hydrogen) atoms. The Bertz CT molecular complexity index is 694. The molecule has 0 saturated carbocycles. The van der Waals surface area contributed by atoms with Gasteiger partial charge in [0.2, 0.25) is 5.91 Å². The van der Waals surface area contributed by atoms with Crippen LogP contribution in [0, 0.1) is 0 Å². The van der Waals surface area contributed by atoms with Gasteiger partial charge in [-0.25, -0.2) is 9.89 Å². The standard InChI is InChI=1S/C12H11N3O4S2/c16-7-2-1-6(13-14-7)11(20)5-4-21-9-3-8(17)15(9)10(5)12(18)19/h1-2,9,11,20H,3-4H2,(H,14,16)(H,18,19). The van der Waals surface area contributed by atoms with Crippen molar-refractivity contribution in [2.24, 2.45) is 0 Å². The van der Waals surface area contributed by atoms with Crippen molar-refractivity contribution in [3.8, 4) is 0 Å². The molecule has 1 aromatic heterocycles. The van der Waals surface area contributed by atoms with E-state index in [-0.39, 0.29) is 22.5 Å². The van der Waals surface area contributed by atoms with Crippen LogP contribution in [-0.4, -0.2) is 43.2 Å². The second kappa shape index (κ2) is 5.23. The zero-order valence-electron chi connectivity index (χ0n) is 10.6. The van der Waals surface area contributed by atoms with Gasteiger partial charge >= 0.3 is 5.97 Å². The normalized spacial score (nSPS) is 22.6. The molecule has 2 N–H and O–H groups in total. The van der Waals surface area contributed by atoms with Crippen LogP contribution in [0.3, 0.4) is 0 Å². The first-order valence-electron chi connectivity index (χ1n) is 6.12. The highest BCUT2D eigenvalue weighted by Crippen LogP contribution is 2.44. The number of carboxylic acids is 1. The zero-order chi connectivity index (χ0) is 15.1. The predicted octanol–water partition coefficient (Wildman–Crippen LogP) is 0.385. The molecule has 0 aliphatic carbocycles. The number of carbonyl (C=O) groups is 2. The molecule has 2 aliphatic rings. The van der Waals surface area contributed by atoms with Crippen molar-refractivity contribution in [1.29, 1.82) is 0 Å². The molecule has 1 amide bonds. The number of aliphatic carboxylic acids is 1. The maximum atomic E-state index is 11.7. The molecule has 0 aromatic carbocycles. The highest BCUT2D eigenvalue weighted by molar-refractivity contribution is 8.00. The van der Waals surface area contributed by atoms with E-state index in [0.29, 0.717) is 23.4 Å². The number of thioether (sulfide) groups is 1. The largest absolute Gasteiger partial charge is 0.477 e. The Hall–Kier alpha value is -1.74. The molecule has 2 unspecified atom stereocenters. The number of rotatable bonds is 3. The van der Waals surface area contributed by atoms with E-state index in [9.17, 15) is 19.5 Å². The summed E-state index contributed by atoms with van der Waals surface area (Å²) >= 11 is 5.92. The summed E-state index contributed by atoms with van der Waals surface area (Å²) < 4.78 is 0. The quantitative estimate of drug-likeness (QED) is 0.548. The van der Waals surface area contributed by atoms with Gasteiger partial charge in [0.15, 0.2) is 0 Å². The molecule has 0 radical (unpaired) electrons. The van der Waals surface area contributed by atoms with Gasteiger partial charge in [-0.2, -0.15) is 17.7 Å². The molecule has 0 bridgehead atoms. The van der Waals surface area contributed by atoms with Crippen molar-refractivity contribution in [2.75, 3.05) is 5.75 Å². The molecule has 2 atom stereocenters. The number of nitrogens with one attached hydrogen (secondary N) is 1. The van der Waals surface area contributed by atoms with Crippen molar-refractivity contribution in [3.63, 3.8) is 0 Å². The Kier molecular flexibility index (Phi) is 3.54. The molecule has 1 aromatic rings. The zero-order valence-corrected chi connectivity index (χ0v) is 12.4. The molecule has 110 valence electrons. The fourth-order valence-electron chi connectivity index (χ4n) is 2.33. The fourth-order valence-corrected chi connectivity index (χ4v) is 4.12. The molecule has 0 spiro atoms. The van der Waals surface area contributed by atoms with Gasteiger partial charge in [0.1, 0.15) is 5.70 Å². The summed E-state index contributed by atoms with van der Waals surface area (Å²) in [6.45, 7) is 0. The van der Waals surface area contributed by atoms with Gasteiger partial charge in [-0.05, 0) is 11.6 Å². The van der Waals surface area contributed by atoms with Crippen LogP contribution in [0.15, 0.2) is 28.2 Å². The van der Waals surface area contributed by atoms with Gasteiger partial charge in [-0.3, -0.25) is 14.5 Å². The number of hydrogen-bond donors (Lipinski definition) is 3. The minimum atomic E-state index is -1.15. The second-order valence-electron chi connectivity index (χ2n) is 4.66. The van der Waals surface area contributed by atoms with Crippen molar-refractivity contribution < 1.29 is 14.7 Å². The third-order valence-electron chi connectivity index (χ3n) is 3.40. The molecule has 1 saturated heterocycles. The Balaban J connectivity index is 2.02. The maximum absolute atomic E-state index is 11.7. The number of nitrogens with zero attached hydrogens (tertiary/aromatic N) is 2. The molecular formula is C12H11N3O4S2. The summed E-state index contributed by atoms with van der Waals surface area (Å²) in [5.41, 5.74) is 0.601. The number of carbonyl (C=O) groups excluding carboxylic acids is 1. The number of H-pyrrole nitrogens is 1. The summed E-state index contributed by atoms with van der Waals surface area (Å²) in [4.78, 5) is 35.5. The lowest BCUT2D eigenvalue weighted by atomic mass is 10.0. The van der Waals surface area contributed by atoms with Crippen molar-refractivity contribution in [1.82, 2.24) is 15.1 Å². The van der Waals surface area contributed by atoms with Crippen molar-refractivity contribution in [2.45, 2.75) is 17.0 Å². The number of aromatic nitrogens is 2. The average molecular weight is 325 g/mol.